The number of hydrogen-bond donors (Lipinski definition) is 1. The van der Waals surface area contributed by atoms with Crippen molar-refractivity contribution in [3.05, 3.63) is 47.9 Å². The summed E-state index contributed by atoms with van der Waals surface area (Å²) in [7, 11) is 0. The van der Waals surface area contributed by atoms with Crippen LogP contribution in [0.4, 0.5) is 5.82 Å². The van der Waals surface area contributed by atoms with Crippen molar-refractivity contribution in [3.63, 3.8) is 0 Å². The van der Waals surface area contributed by atoms with E-state index in [2.05, 4.69) is 20.5 Å². The molecule has 3 heterocycles. The summed E-state index contributed by atoms with van der Waals surface area (Å²) in [6.45, 7) is 3.37. The lowest BCUT2D eigenvalue weighted by molar-refractivity contribution is 0.0712. The van der Waals surface area contributed by atoms with Crippen LogP contribution in [-0.2, 0) is 0 Å². The number of piperidine rings is 1. The first-order valence-electron chi connectivity index (χ1n) is 7.49. The summed E-state index contributed by atoms with van der Waals surface area (Å²) < 4.78 is 0. The summed E-state index contributed by atoms with van der Waals surface area (Å²) in [5, 5.41) is 11.5. The van der Waals surface area contributed by atoms with E-state index in [1.165, 1.54) is 0 Å². The van der Waals surface area contributed by atoms with Gasteiger partial charge < -0.3 is 10.2 Å². The predicted molar refractivity (Wildman–Crippen MR) is 83.6 cm³/mol. The summed E-state index contributed by atoms with van der Waals surface area (Å²) in [5.74, 6) is 0.800. The second kappa shape index (κ2) is 6.51. The summed E-state index contributed by atoms with van der Waals surface area (Å²) in [5.41, 5.74) is 1.42. The molecule has 2 aromatic heterocycles. The Morgan fingerprint density at radius 3 is 2.64 bits per heavy atom. The Balaban J connectivity index is 1.54. The average molecular weight is 297 g/mol. The highest BCUT2D eigenvalue weighted by Crippen LogP contribution is 2.16. The minimum Gasteiger partial charge on any atom is -0.366 e. The summed E-state index contributed by atoms with van der Waals surface area (Å²) in [6.07, 6.45) is 3.44. The van der Waals surface area contributed by atoms with Gasteiger partial charge in [-0.3, -0.25) is 9.78 Å². The van der Waals surface area contributed by atoms with Gasteiger partial charge in [0, 0.05) is 25.3 Å². The fourth-order valence-electron chi connectivity index (χ4n) is 2.56. The second-order valence-corrected chi connectivity index (χ2v) is 5.49. The number of nitrogens with zero attached hydrogens (tertiary/aromatic N) is 4. The molecule has 0 aliphatic carbocycles. The monoisotopic (exact) mass is 297 g/mol. The standard InChI is InChI=1S/C16H19N5O/c1-12-5-6-15(20-19-12)18-13-7-10-21(11-8-13)16(22)14-4-2-3-9-17-14/h2-6,9,13H,7-8,10-11H2,1H3,(H,18,20). The quantitative estimate of drug-likeness (QED) is 0.937. The maximum absolute atomic E-state index is 12.3. The highest BCUT2D eigenvalue weighted by molar-refractivity contribution is 5.92. The van der Waals surface area contributed by atoms with E-state index in [9.17, 15) is 4.79 Å². The van der Waals surface area contributed by atoms with Crippen molar-refractivity contribution in [1.82, 2.24) is 20.1 Å². The van der Waals surface area contributed by atoms with Crippen LogP contribution < -0.4 is 5.32 Å². The number of nitrogens with one attached hydrogen (secondary N) is 1. The van der Waals surface area contributed by atoms with E-state index in [-0.39, 0.29) is 5.91 Å². The van der Waals surface area contributed by atoms with E-state index in [1.807, 2.05) is 36.1 Å². The summed E-state index contributed by atoms with van der Waals surface area (Å²) in [4.78, 5) is 18.3. The Hall–Kier alpha value is -2.50. The maximum atomic E-state index is 12.3. The average Bonchev–Trinajstić information content (AvgIpc) is 2.58. The van der Waals surface area contributed by atoms with Gasteiger partial charge in [-0.15, -0.1) is 5.10 Å². The van der Waals surface area contributed by atoms with Gasteiger partial charge in [-0.1, -0.05) is 6.07 Å². The molecule has 1 fully saturated rings. The molecule has 114 valence electrons. The third kappa shape index (κ3) is 3.39. The van der Waals surface area contributed by atoms with Crippen LogP contribution in [0.3, 0.4) is 0 Å². The van der Waals surface area contributed by atoms with Gasteiger partial charge in [-0.2, -0.15) is 5.10 Å². The molecule has 1 aliphatic heterocycles. The molecule has 1 N–H and O–H groups in total. The molecule has 6 heteroatoms. The number of hydrogen-bond acceptors (Lipinski definition) is 5. The third-order valence-corrected chi connectivity index (χ3v) is 3.82. The number of aromatic nitrogens is 3. The lowest BCUT2D eigenvalue weighted by Crippen LogP contribution is -2.42. The van der Waals surface area contributed by atoms with Crippen LogP contribution in [0.2, 0.25) is 0 Å². The van der Waals surface area contributed by atoms with Crippen LogP contribution in [0, 0.1) is 6.92 Å². The molecule has 1 amide bonds. The zero-order chi connectivity index (χ0) is 15.4. The molecule has 1 saturated heterocycles. The van der Waals surface area contributed by atoms with Crippen molar-refractivity contribution >= 4 is 11.7 Å². The Morgan fingerprint density at radius 2 is 2.00 bits per heavy atom. The van der Waals surface area contributed by atoms with Gasteiger partial charge in [0.25, 0.3) is 5.91 Å². The smallest absolute Gasteiger partial charge is 0.272 e. The van der Waals surface area contributed by atoms with E-state index in [4.69, 9.17) is 0 Å². The van der Waals surface area contributed by atoms with E-state index in [1.54, 1.807) is 12.3 Å². The van der Waals surface area contributed by atoms with E-state index >= 15 is 0 Å². The molecule has 3 rings (SSSR count). The lowest BCUT2D eigenvalue weighted by atomic mass is 10.0. The number of anilines is 1. The van der Waals surface area contributed by atoms with Gasteiger partial charge in [0.2, 0.25) is 0 Å². The highest BCUT2D eigenvalue weighted by atomic mass is 16.2. The first kappa shape index (κ1) is 14.4. The number of aryl methyl sites for hydroxylation is 1. The van der Waals surface area contributed by atoms with Crippen molar-refractivity contribution in [1.29, 1.82) is 0 Å². The first-order valence-corrected chi connectivity index (χ1v) is 7.49. The number of rotatable bonds is 3. The zero-order valence-electron chi connectivity index (χ0n) is 12.6. The fraction of sp³-hybridized carbons (Fsp3) is 0.375. The molecule has 0 saturated carbocycles. The van der Waals surface area contributed by atoms with Crippen molar-refractivity contribution in [3.8, 4) is 0 Å². The third-order valence-electron chi connectivity index (χ3n) is 3.82. The molecule has 6 nitrogen and oxygen atoms in total. The van der Waals surface area contributed by atoms with Crippen LogP contribution in [0.25, 0.3) is 0 Å². The van der Waals surface area contributed by atoms with Gasteiger partial charge >= 0.3 is 0 Å². The lowest BCUT2D eigenvalue weighted by Gasteiger charge is -2.32. The van der Waals surface area contributed by atoms with Gasteiger partial charge in [0.15, 0.2) is 0 Å². The Bertz CT molecular complexity index is 621. The minimum atomic E-state index is 0.00850. The molecular formula is C16H19N5O. The summed E-state index contributed by atoms with van der Waals surface area (Å²) >= 11 is 0. The molecule has 22 heavy (non-hydrogen) atoms. The number of pyridine rings is 1. The van der Waals surface area contributed by atoms with Crippen LogP contribution >= 0.6 is 0 Å². The molecule has 0 aromatic carbocycles. The van der Waals surface area contributed by atoms with Crippen LogP contribution in [0.1, 0.15) is 29.0 Å². The molecular weight excluding hydrogens is 278 g/mol. The zero-order valence-corrected chi connectivity index (χ0v) is 12.6. The van der Waals surface area contributed by atoms with Crippen LogP contribution in [-0.4, -0.2) is 45.1 Å². The SMILES string of the molecule is Cc1ccc(NC2CCN(C(=O)c3ccccn3)CC2)nn1. The first-order chi connectivity index (χ1) is 10.7. The molecule has 0 atom stereocenters. The Labute approximate surface area is 129 Å². The molecule has 0 bridgehead atoms. The molecule has 0 radical (unpaired) electrons. The van der Waals surface area contributed by atoms with Gasteiger partial charge in [0.05, 0.1) is 5.69 Å². The Kier molecular flexibility index (Phi) is 4.27. The minimum absolute atomic E-state index is 0.00850. The van der Waals surface area contributed by atoms with Gasteiger partial charge in [-0.05, 0) is 44.0 Å². The van der Waals surface area contributed by atoms with Crippen LogP contribution in [0.5, 0.6) is 0 Å². The Morgan fingerprint density at radius 1 is 1.18 bits per heavy atom. The van der Waals surface area contributed by atoms with Gasteiger partial charge in [0.1, 0.15) is 11.5 Å². The number of carbonyl (C=O) groups is 1. The normalized spacial score (nSPS) is 15.6. The van der Waals surface area contributed by atoms with Crippen molar-refractivity contribution in [2.75, 3.05) is 18.4 Å². The number of amides is 1. The summed E-state index contributed by atoms with van der Waals surface area (Å²) in [6, 6.07) is 9.61. The van der Waals surface area contributed by atoms with Crippen molar-refractivity contribution < 1.29 is 4.79 Å². The molecule has 2 aromatic rings. The largest absolute Gasteiger partial charge is 0.366 e. The predicted octanol–water partition coefficient (Wildman–Crippen LogP) is 1.90. The van der Waals surface area contributed by atoms with Crippen LogP contribution in [0.15, 0.2) is 36.5 Å². The van der Waals surface area contributed by atoms with E-state index in [0.717, 1.165) is 37.4 Å². The van der Waals surface area contributed by atoms with E-state index in [0.29, 0.717) is 11.7 Å². The highest BCUT2D eigenvalue weighted by Gasteiger charge is 2.24. The van der Waals surface area contributed by atoms with Gasteiger partial charge in [-0.25, -0.2) is 0 Å². The van der Waals surface area contributed by atoms with E-state index < -0.39 is 0 Å². The fourth-order valence-corrected chi connectivity index (χ4v) is 2.56. The molecule has 0 spiro atoms. The second-order valence-electron chi connectivity index (χ2n) is 5.49. The number of likely N-dealkylation sites (tertiary alicyclic amines) is 1. The van der Waals surface area contributed by atoms with Crippen molar-refractivity contribution in [2.24, 2.45) is 0 Å². The topological polar surface area (TPSA) is 71.0 Å². The van der Waals surface area contributed by atoms with Crippen molar-refractivity contribution in [2.45, 2.75) is 25.8 Å². The molecule has 0 unspecified atom stereocenters. The molecule has 1 aliphatic rings. The maximum Gasteiger partial charge on any atom is 0.272 e. The number of carbonyl (C=O) groups excluding carboxylic acids is 1.